The van der Waals surface area contributed by atoms with Crippen LogP contribution >= 0.6 is 0 Å². The Bertz CT molecular complexity index is 832. The van der Waals surface area contributed by atoms with Gasteiger partial charge in [0.05, 0.1) is 0 Å². The van der Waals surface area contributed by atoms with E-state index < -0.39 is 30.1 Å². The van der Waals surface area contributed by atoms with Gasteiger partial charge in [-0.1, -0.05) is 12.1 Å². The highest BCUT2D eigenvalue weighted by Gasteiger charge is 2.59. The summed E-state index contributed by atoms with van der Waals surface area (Å²) >= 11 is 0. The van der Waals surface area contributed by atoms with E-state index in [1.165, 1.54) is 42.5 Å². The first-order chi connectivity index (χ1) is 13.0. The number of phenolic OH excluding ortho intramolecular Hbond substituents is 1. The molecule has 0 saturated carbocycles. The molecule has 4 nitrogen and oxygen atoms in total. The van der Waals surface area contributed by atoms with Crippen LogP contribution < -0.4 is 10.1 Å². The van der Waals surface area contributed by atoms with Gasteiger partial charge in [-0.2, -0.15) is 22.0 Å². The van der Waals surface area contributed by atoms with Crippen LogP contribution in [-0.4, -0.2) is 29.5 Å². The van der Waals surface area contributed by atoms with E-state index in [0.717, 1.165) is 18.2 Å². The van der Waals surface area contributed by atoms with Gasteiger partial charge in [0.15, 0.2) is 0 Å². The van der Waals surface area contributed by atoms with Gasteiger partial charge in [0, 0.05) is 11.8 Å². The molecule has 0 fully saturated rings. The zero-order valence-corrected chi connectivity index (χ0v) is 13.9. The van der Waals surface area contributed by atoms with Crippen LogP contribution in [0.5, 0.6) is 11.5 Å². The van der Waals surface area contributed by atoms with Crippen molar-refractivity contribution in [3.63, 3.8) is 0 Å². The first-order valence-electron chi connectivity index (χ1n) is 7.63. The number of halogens is 6. The Hall–Kier alpha value is -3.17. The predicted octanol–water partition coefficient (Wildman–Crippen LogP) is 4.92. The third-order valence-electron chi connectivity index (χ3n) is 3.28. The third kappa shape index (κ3) is 5.93. The molecule has 0 aromatic heterocycles. The smallest absolute Gasteiger partial charge is 0.439 e. The number of phenols is 1. The first-order valence-corrected chi connectivity index (χ1v) is 7.63. The molecule has 2 aromatic rings. The topological polar surface area (TPSA) is 58.6 Å². The van der Waals surface area contributed by atoms with Crippen molar-refractivity contribution in [3.05, 3.63) is 60.2 Å². The standard InChI is InChI=1S/C18H13F6NO3/c19-16(17(20,21)22)18(23,24)28-14-8-1-11(2-9-14)3-10-15(27)25-12-4-6-13(26)7-5-12/h1-10,16,26H,(H,25,27)/b10-3+/t16-/m0/s1. The van der Waals surface area contributed by atoms with Crippen molar-refractivity contribution in [3.8, 4) is 11.5 Å². The van der Waals surface area contributed by atoms with E-state index in [4.69, 9.17) is 5.11 Å². The van der Waals surface area contributed by atoms with Gasteiger partial charge < -0.3 is 15.2 Å². The van der Waals surface area contributed by atoms with Crippen LogP contribution in [0.4, 0.5) is 32.0 Å². The maximum Gasteiger partial charge on any atom is 0.439 e. The molecule has 0 spiro atoms. The van der Waals surface area contributed by atoms with Crippen molar-refractivity contribution >= 4 is 17.7 Å². The summed E-state index contributed by atoms with van der Waals surface area (Å²) in [5.74, 6) is -1.18. The largest absolute Gasteiger partial charge is 0.508 e. The highest BCUT2D eigenvalue weighted by molar-refractivity contribution is 6.01. The number of rotatable bonds is 6. The van der Waals surface area contributed by atoms with Crippen LogP contribution in [0.25, 0.3) is 6.08 Å². The van der Waals surface area contributed by atoms with Gasteiger partial charge in [-0.25, -0.2) is 4.39 Å². The lowest BCUT2D eigenvalue weighted by molar-refractivity contribution is -0.304. The van der Waals surface area contributed by atoms with E-state index in [1.54, 1.807) is 0 Å². The monoisotopic (exact) mass is 405 g/mol. The summed E-state index contributed by atoms with van der Waals surface area (Å²) in [6.07, 6.45) is -12.9. The minimum atomic E-state index is -5.77. The van der Waals surface area contributed by atoms with E-state index in [9.17, 15) is 31.1 Å². The number of benzene rings is 2. The minimum Gasteiger partial charge on any atom is -0.508 e. The summed E-state index contributed by atoms with van der Waals surface area (Å²) in [6, 6.07) is 9.87. The van der Waals surface area contributed by atoms with Crippen molar-refractivity contribution in [2.24, 2.45) is 0 Å². The minimum absolute atomic E-state index is 0.0238. The quantitative estimate of drug-likeness (QED) is 0.408. The Morgan fingerprint density at radius 1 is 1.00 bits per heavy atom. The average molecular weight is 405 g/mol. The average Bonchev–Trinajstić information content (AvgIpc) is 2.61. The van der Waals surface area contributed by atoms with E-state index in [0.29, 0.717) is 11.3 Å². The molecule has 2 aromatic carbocycles. The molecule has 0 unspecified atom stereocenters. The molecule has 0 aliphatic rings. The fourth-order valence-corrected chi connectivity index (χ4v) is 1.95. The number of hydrogen-bond acceptors (Lipinski definition) is 3. The van der Waals surface area contributed by atoms with Gasteiger partial charge in [-0.3, -0.25) is 4.79 Å². The lowest BCUT2D eigenvalue weighted by Gasteiger charge is -2.23. The normalized spacial score (nSPS) is 13.4. The number of hydrogen-bond donors (Lipinski definition) is 2. The zero-order chi connectivity index (χ0) is 20.9. The molecule has 150 valence electrons. The molecule has 0 heterocycles. The molecule has 1 atom stereocenters. The molecular weight excluding hydrogens is 392 g/mol. The zero-order valence-electron chi connectivity index (χ0n) is 13.9. The van der Waals surface area contributed by atoms with Gasteiger partial charge in [-0.05, 0) is 48.0 Å². The number of alkyl halides is 6. The molecule has 0 saturated heterocycles. The second kappa shape index (κ2) is 8.24. The van der Waals surface area contributed by atoms with Crippen molar-refractivity contribution in [1.29, 1.82) is 0 Å². The molecule has 10 heteroatoms. The summed E-state index contributed by atoms with van der Waals surface area (Å²) in [4.78, 5) is 11.8. The molecule has 0 aliphatic carbocycles. The van der Waals surface area contributed by atoms with Gasteiger partial charge in [0.2, 0.25) is 5.91 Å². The van der Waals surface area contributed by atoms with Gasteiger partial charge in [-0.15, -0.1) is 0 Å². The van der Waals surface area contributed by atoms with Gasteiger partial charge in [0.25, 0.3) is 6.17 Å². The Balaban J connectivity index is 1.97. The number of aromatic hydroxyl groups is 1. The van der Waals surface area contributed by atoms with Crippen LogP contribution in [-0.2, 0) is 4.79 Å². The SMILES string of the molecule is O=C(/C=C/c1ccc(OC(F)(F)[C@@H](F)C(F)(F)F)cc1)Nc1ccc(O)cc1. The van der Waals surface area contributed by atoms with Crippen LogP contribution in [0.3, 0.4) is 0 Å². The first kappa shape index (κ1) is 21.1. The highest BCUT2D eigenvalue weighted by Crippen LogP contribution is 2.36. The number of amides is 1. The number of anilines is 1. The maximum atomic E-state index is 13.2. The number of carbonyl (C=O) groups is 1. The van der Waals surface area contributed by atoms with Crippen molar-refractivity contribution in [2.75, 3.05) is 5.32 Å². The Morgan fingerprint density at radius 2 is 1.57 bits per heavy atom. The lowest BCUT2D eigenvalue weighted by Crippen LogP contribution is -2.45. The molecule has 2 rings (SSSR count). The summed E-state index contributed by atoms with van der Waals surface area (Å²) in [7, 11) is 0. The summed E-state index contributed by atoms with van der Waals surface area (Å²) in [5, 5.41) is 11.6. The molecular formula is C18H13F6NO3. The maximum absolute atomic E-state index is 13.2. The van der Waals surface area contributed by atoms with Crippen LogP contribution in [0.15, 0.2) is 54.6 Å². The van der Waals surface area contributed by atoms with Gasteiger partial charge >= 0.3 is 12.3 Å². The second-order valence-corrected chi connectivity index (χ2v) is 5.51. The van der Waals surface area contributed by atoms with E-state index in [2.05, 4.69) is 10.1 Å². The second-order valence-electron chi connectivity index (χ2n) is 5.51. The van der Waals surface area contributed by atoms with Crippen LogP contribution in [0.1, 0.15) is 5.56 Å². The Kier molecular flexibility index (Phi) is 6.22. The predicted molar refractivity (Wildman–Crippen MR) is 88.7 cm³/mol. The van der Waals surface area contributed by atoms with E-state index >= 15 is 0 Å². The van der Waals surface area contributed by atoms with E-state index in [-0.39, 0.29) is 5.75 Å². The van der Waals surface area contributed by atoms with Gasteiger partial charge in [0.1, 0.15) is 11.5 Å². The van der Waals surface area contributed by atoms with Crippen molar-refractivity contribution in [2.45, 2.75) is 18.5 Å². The third-order valence-corrected chi connectivity index (χ3v) is 3.28. The fraction of sp³-hybridized carbons (Fsp3) is 0.167. The van der Waals surface area contributed by atoms with Crippen LogP contribution in [0.2, 0.25) is 0 Å². The Labute approximate surface area is 155 Å². The lowest BCUT2D eigenvalue weighted by atomic mass is 10.2. The van der Waals surface area contributed by atoms with Crippen molar-refractivity contribution in [1.82, 2.24) is 0 Å². The number of carbonyl (C=O) groups excluding carboxylic acids is 1. The summed E-state index contributed by atoms with van der Waals surface area (Å²) in [6.45, 7) is 0. The van der Waals surface area contributed by atoms with E-state index in [1.807, 2.05) is 0 Å². The summed E-state index contributed by atoms with van der Waals surface area (Å²) < 4.78 is 79.2. The van der Waals surface area contributed by atoms with Crippen molar-refractivity contribution < 1.29 is 41.0 Å². The number of ether oxygens (including phenoxy) is 1. The molecule has 0 bridgehead atoms. The van der Waals surface area contributed by atoms with Crippen LogP contribution in [0, 0.1) is 0 Å². The highest BCUT2D eigenvalue weighted by atomic mass is 19.4. The molecule has 1 amide bonds. The number of nitrogens with one attached hydrogen (secondary N) is 1. The Morgan fingerprint density at radius 3 is 2.11 bits per heavy atom. The fourth-order valence-electron chi connectivity index (χ4n) is 1.95. The molecule has 28 heavy (non-hydrogen) atoms. The summed E-state index contributed by atoms with van der Waals surface area (Å²) in [5.41, 5.74) is 0.771. The molecule has 0 radical (unpaired) electrons. The molecule has 0 aliphatic heterocycles. The molecule has 2 N–H and O–H groups in total.